The van der Waals surface area contributed by atoms with E-state index in [-0.39, 0.29) is 11.8 Å². The summed E-state index contributed by atoms with van der Waals surface area (Å²) >= 11 is 1.62. The lowest BCUT2D eigenvalue weighted by Crippen LogP contribution is -2.51. The lowest BCUT2D eigenvalue weighted by atomic mass is 9.87. The number of carboxylic acid groups (broad SMARTS) is 1. The molecule has 5 heteroatoms. The van der Waals surface area contributed by atoms with Crippen LogP contribution in [0.5, 0.6) is 0 Å². The Labute approximate surface area is 92.6 Å². The first-order chi connectivity index (χ1) is 7.08. The summed E-state index contributed by atoms with van der Waals surface area (Å²) in [6.07, 6.45) is 0. The summed E-state index contributed by atoms with van der Waals surface area (Å²) in [6.45, 7) is 5.38. The van der Waals surface area contributed by atoms with Gasteiger partial charge in [-0.1, -0.05) is 6.92 Å². The summed E-state index contributed by atoms with van der Waals surface area (Å²) < 4.78 is 0. The van der Waals surface area contributed by atoms with Crippen molar-refractivity contribution in [2.24, 2.45) is 11.8 Å². The smallest absolute Gasteiger partial charge is 0.306 e. The number of aliphatic carboxylic acids is 1. The third-order valence-electron chi connectivity index (χ3n) is 2.88. The van der Waals surface area contributed by atoms with E-state index in [1.165, 1.54) is 0 Å². The van der Waals surface area contributed by atoms with Crippen LogP contribution in [0.1, 0.15) is 12.6 Å². The molecule has 1 atom stereocenters. The molecule has 1 unspecified atom stereocenters. The number of rotatable bonds is 3. The molecule has 15 heavy (non-hydrogen) atoms. The predicted octanol–water partition coefficient (Wildman–Crippen LogP) is 1.61. The minimum Gasteiger partial charge on any atom is -0.481 e. The highest BCUT2D eigenvalue weighted by Gasteiger charge is 2.35. The minimum atomic E-state index is -0.699. The van der Waals surface area contributed by atoms with Crippen molar-refractivity contribution in [1.29, 1.82) is 0 Å². The molecule has 4 nitrogen and oxygen atoms in total. The molecule has 1 aliphatic rings. The number of nitrogens with zero attached hydrogens (tertiary/aromatic N) is 2. The van der Waals surface area contributed by atoms with Gasteiger partial charge in [0.25, 0.3) is 0 Å². The van der Waals surface area contributed by atoms with Crippen LogP contribution in [0.3, 0.4) is 0 Å². The Morgan fingerprint density at radius 3 is 2.87 bits per heavy atom. The van der Waals surface area contributed by atoms with E-state index in [9.17, 15) is 4.79 Å². The molecule has 1 aliphatic heterocycles. The lowest BCUT2D eigenvalue weighted by molar-refractivity contribution is -0.143. The van der Waals surface area contributed by atoms with Crippen molar-refractivity contribution in [3.05, 3.63) is 11.1 Å². The molecule has 0 saturated carbocycles. The number of hydrogen-bond donors (Lipinski definition) is 1. The minimum absolute atomic E-state index is 0.248. The monoisotopic (exact) mass is 226 g/mol. The average molecular weight is 226 g/mol. The van der Waals surface area contributed by atoms with Gasteiger partial charge in [0.2, 0.25) is 0 Å². The normalized spacial score (nSPS) is 18.7. The number of thiazole rings is 1. The number of carboxylic acids is 1. The molecule has 1 saturated heterocycles. The van der Waals surface area contributed by atoms with Gasteiger partial charge >= 0.3 is 5.97 Å². The second-order valence-electron chi connectivity index (χ2n) is 4.06. The molecule has 2 heterocycles. The Bertz CT molecular complexity index is 371. The first-order valence-electron chi connectivity index (χ1n) is 4.98. The Morgan fingerprint density at radius 1 is 1.73 bits per heavy atom. The van der Waals surface area contributed by atoms with Crippen molar-refractivity contribution in [2.75, 3.05) is 18.0 Å². The third-order valence-corrected chi connectivity index (χ3v) is 3.90. The Morgan fingerprint density at radius 2 is 2.40 bits per heavy atom. The first kappa shape index (κ1) is 10.4. The van der Waals surface area contributed by atoms with E-state index in [1.807, 2.05) is 12.3 Å². The molecule has 0 spiro atoms. The van der Waals surface area contributed by atoms with Gasteiger partial charge in [-0.05, 0) is 6.92 Å². The largest absolute Gasteiger partial charge is 0.481 e. The number of hydrogen-bond acceptors (Lipinski definition) is 4. The molecule has 0 radical (unpaired) electrons. The summed E-state index contributed by atoms with van der Waals surface area (Å²) in [5.74, 6) is -0.677. The molecule has 1 N–H and O–H groups in total. The Balaban J connectivity index is 1.91. The van der Waals surface area contributed by atoms with E-state index in [0.29, 0.717) is 0 Å². The van der Waals surface area contributed by atoms with Crippen molar-refractivity contribution in [2.45, 2.75) is 13.8 Å². The molecule has 1 aromatic heterocycles. The number of anilines is 1. The van der Waals surface area contributed by atoms with Gasteiger partial charge in [-0.2, -0.15) is 0 Å². The van der Waals surface area contributed by atoms with Gasteiger partial charge < -0.3 is 10.0 Å². The van der Waals surface area contributed by atoms with Crippen LogP contribution in [0.25, 0.3) is 0 Å². The first-order valence-corrected chi connectivity index (χ1v) is 5.86. The van der Waals surface area contributed by atoms with Gasteiger partial charge in [-0.3, -0.25) is 4.79 Å². The zero-order chi connectivity index (χ0) is 11.0. The highest BCUT2D eigenvalue weighted by atomic mass is 32.1. The van der Waals surface area contributed by atoms with E-state index >= 15 is 0 Å². The topological polar surface area (TPSA) is 53.4 Å². The molecule has 82 valence electrons. The van der Waals surface area contributed by atoms with Crippen molar-refractivity contribution in [1.82, 2.24) is 4.98 Å². The molecule has 0 bridgehead atoms. The second kappa shape index (κ2) is 3.81. The predicted molar refractivity (Wildman–Crippen MR) is 59.4 cm³/mol. The van der Waals surface area contributed by atoms with E-state index in [2.05, 4.69) is 9.88 Å². The van der Waals surface area contributed by atoms with Crippen LogP contribution in [0.4, 0.5) is 5.13 Å². The van der Waals surface area contributed by atoms with E-state index in [1.54, 1.807) is 18.3 Å². The summed E-state index contributed by atoms with van der Waals surface area (Å²) in [6, 6.07) is 0. The Kier molecular flexibility index (Phi) is 2.65. The highest BCUT2D eigenvalue weighted by Crippen LogP contribution is 2.31. The number of aromatic nitrogens is 1. The lowest BCUT2D eigenvalue weighted by Gasteiger charge is -2.41. The summed E-state index contributed by atoms with van der Waals surface area (Å²) in [5.41, 5.74) is 1.03. The van der Waals surface area contributed by atoms with Crippen molar-refractivity contribution in [3.8, 4) is 0 Å². The number of aryl methyl sites for hydroxylation is 1. The standard InChI is InChI=1S/C10H14N2O2S/c1-6-5-15-10(11-6)12-3-8(4-12)7(2)9(13)14/h5,7-8H,3-4H2,1-2H3,(H,13,14). The van der Waals surface area contributed by atoms with Gasteiger partial charge in [0, 0.05) is 24.4 Å². The quantitative estimate of drug-likeness (QED) is 0.850. The fourth-order valence-corrected chi connectivity index (χ4v) is 2.50. The van der Waals surface area contributed by atoms with Crippen LogP contribution < -0.4 is 4.90 Å². The molecular formula is C10H14N2O2S. The third kappa shape index (κ3) is 1.97. The van der Waals surface area contributed by atoms with Gasteiger partial charge in [-0.15, -0.1) is 11.3 Å². The van der Waals surface area contributed by atoms with Gasteiger partial charge in [0.05, 0.1) is 11.6 Å². The van der Waals surface area contributed by atoms with Crippen LogP contribution >= 0.6 is 11.3 Å². The van der Waals surface area contributed by atoms with Crippen LogP contribution in [0, 0.1) is 18.8 Å². The zero-order valence-corrected chi connectivity index (χ0v) is 9.62. The van der Waals surface area contributed by atoms with E-state index in [0.717, 1.165) is 23.9 Å². The molecular weight excluding hydrogens is 212 g/mol. The molecule has 0 amide bonds. The van der Waals surface area contributed by atoms with Crippen molar-refractivity contribution < 1.29 is 9.90 Å². The summed E-state index contributed by atoms with van der Waals surface area (Å²) in [4.78, 5) is 17.3. The van der Waals surface area contributed by atoms with Gasteiger partial charge in [0.15, 0.2) is 5.13 Å². The van der Waals surface area contributed by atoms with Gasteiger partial charge in [-0.25, -0.2) is 4.98 Å². The van der Waals surface area contributed by atoms with E-state index < -0.39 is 5.97 Å². The summed E-state index contributed by atoms with van der Waals surface area (Å²) in [5, 5.41) is 11.9. The molecule has 0 aromatic carbocycles. The Hall–Kier alpha value is -1.10. The molecule has 1 fully saturated rings. The van der Waals surface area contributed by atoms with Crippen LogP contribution in [-0.2, 0) is 4.79 Å². The molecule has 0 aliphatic carbocycles. The van der Waals surface area contributed by atoms with Crippen LogP contribution in [0.2, 0.25) is 0 Å². The molecule has 2 rings (SSSR count). The highest BCUT2D eigenvalue weighted by molar-refractivity contribution is 7.13. The van der Waals surface area contributed by atoms with Crippen molar-refractivity contribution in [3.63, 3.8) is 0 Å². The van der Waals surface area contributed by atoms with Crippen LogP contribution in [0.15, 0.2) is 5.38 Å². The molecule has 1 aromatic rings. The average Bonchev–Trinajstić information content (AvgIpc) is 2.49. The second-order valence-corrected chi connectivity index (χ2v) is 4.90. The summed E-state index contributed by atoms with van der Waals surface area (Å²) in [7, 11) is 0. The van der Waals surface area contributed by atoms with E-state index in [4.69, 9.17) is 5.11 Å². The van der Waals surface area contributed by atoms with Crippen LogP contribution in [-0.4, -0.2) is 29.1 Å². The maximum atomic E-state index is 10.7. The SMILES string of the molecule is Cc1csc(N2CC(C(C)C(=O)O)C2)n1. The zero-order valence-electron chi connectivity index (χ0n) is 8.80. The fraction of sp³-hybridized carbons (Fsp3) is 0.600. The number of carbonyl (C=O) groups is 1. The maximum Gasteiger partial charge on any atom is 0.306 e. The van der Waals surface area contributed by atoms with Gasteiger partial charge in [0.1, 0.15) is 0 Å². The fourth-order valence-electron chi connectivity index (χ4n) is 1.67. The van der Waals surface area contributed by atoms with Crippen molar-refractivity contribution >= 4 is 22.4 Å². The maximum absolute atomic E-state index is 10.7.